The molecule has 3 rings (SSSR count). The van der Waals surface area contributed by atoms with Crippen molar-refractivity contribution in [3.63, 3.8) is 0 Å². The van der Waals surface area contributed by atoms with Gasteiger partial charge in [-0.2, -0.15) is 0 Å². The smallest absolute Gasteiger partial charge is 0.256 e. The molecule has 106 valence electrons. The fraction of sp³-hybridized carbons (Fsp3) is 0.500. The molecule has 0 saturated carbocycles. The molecule has 0 atom stereocenters. The van der Waals surface area contributed by atoms with Crippen LogP contribution in [0.2, 0.25) is 0 Å². The van der Waals surface area contributed by atoms with Gasteiger partial charge in [0.2, 0.25) is 0 Å². The van der Waals surface area contributed by atoms with Gasteiger partial charge < -0.3 is 9.47 Å². The first-order valence-electron chi connectivity index (χ1n) is 7.40. The number of hydrogen-bond donors (Lipinski definition) is 0. The lowest BCUT2D eigenvalue weighted by Crippen LogP contribution is -2.38. The minimum atomic E-state index is 0.147. The molecule has 1 saturated heterocycles. The topological polar surface area (TPSA) is 38.1 Å². The molecule has 1 aromatic carbocycles. The van der Waals surface area contributed by atoms with Crippen LogP contribution in [-0.4, -0.2) is 33.4 Å². The summed E-state index contributed by atoms with van der Waals surface area (Å²) in [6.07, 6.45) is 5.25. The predicted octanol–water partition coefficient (Wildman–Crippen LogP) is 2.84. The number of benzene rings is 1. The van der Waals surface area contributed by atoms with E-state index in [9.17, 15) is 4.79 Å². The average molecular weight is 271 g/mol. The van der Waals surface area contributed by atoms with E-state index in [-0.39, 0.29) is 5.91 Å². The van der Waals surface area contributed by atoms with Gasteiger partial charge in [-0.1, -0.05) is 19.4 Å². The highest BCUT2D eigenvalue weighted by molar-refractivity contribution is 6.05. The van der Waals surface area contributed by atoms with Crippen molar-refractivity contribution in [1.82, 2.24) is 14.5 Å². The Morgan fingerprint density at radius 3 is 2.80 bits per heavy atom. The number of amides is 1. The van der Waals surface area contributed by atoms with E-state index in [0.717, 1.165) is 48.4 Å². The minimum Gasteiger partial charge on any atom is -0.339 e. The zero-order valence-corrected chi connectivity index (χ0v) is 12.2. The quantitative estimate of drug-likeness (QED) is 0.842. The average Bonchev–Trinajstić information content (AvgIpc) is 2.88. The first kappa shape index (κ1) is 13.2. The molecule has 20 heavy (non-hydrogen) atoms. The summed E-state index contributed by atoms with van der Waals surface area (Å²) < 4.78 is 1.93. The Kier molecular flexibility index (Phi) is 3.47. The van der Waals surface area contributed by atoms with Gasteiger partial charge in [-0.15, -0.1) is 0 Å². The van der Waals surface area contributed by atoms with Crippen LogP contribution in [0.3, 0.4) is 0 Å². The third kappa shape index (κ3) is 2.19. The molecule has 0 aliphatic carbocycles. The Balaban J connectivity index is 1.88. The number of aryl methyl sites for hydroxylation is 1. The van der Waals surface area contributed by atoms with Gasteiger partial charge in [0.1, 0.15) is 0 Å². The summed E-state index contributed by atoms with van der Waals surface area (Å²) >= 11 is 0. The summed E-state index contributed by atoms with van der Waals surface area (Å²) in [5.41, 5.74) is 2.61. The van der Waals surface area contributed by atoms with E-state index < -0.39 is 0 Å². The number of carbonyl (C=O) groups is 1. The van der Waals surface area contributed by atoms with E-state index in [1.54, 1.807) is 6.33 Å². The second-order valence-corrected chi connectivity index (χ2v) is 5.67. The Morgan fingerprint density at radius 1 is 1.35 bits per heavy atom. The van der Waals surface area contributed by atoms with Gasteiger partial charge in [0.05, 0.1) is 22.9 Å². The van der Waals surface area contributed by atoms with Gasteiger partial charge in [0.15, 0.2) is 0 Å². The van der Waals surface area contributed by atoms with Crippen molar-refractivity contribution >= 4 is 16.9 Å². The molecular formula is C16H21N3O. The van der Waals surface area contributed by atoms with Crippen LogP contribution in [0.15, 0.2) is 24.5 Å². The van der Waals surface area contributed by atoms with Crippen molar-refractivity contribution < 1.29 is 4.79 Å². The Bertz CT molecular complexity index is 624. The molecule has 4 heteroatoms. The lowest BCUT2D eigenvalue weighted by molar-refractivity contribution is 0.0690. The van der Waals surface area contributed by atoms with Crippen LogP contribution in [0, 0.1) is 5.92 Å². The standard InChI is InChI=1S/C16H21N3O/c1-3-12-7-9-19(10-8-12)16(20)13-5-4-6-14-15(13)18(2)11-17-14/h4-6,11-12H,3,7-10H2,1-2H3. The van der Waals surface area contributed by atoms with Gasteiger partial charge >= 0.3 is 0 Å². The molecule has 1 fully saturated rings. The van der Waals surface area contributed by atoms with E-state index >= 15 is 0 Å². The van der Waals surface area contributed by atoms with E-state index in [1.165, 1.54) is 6.42 Å². The molecule has 0 spiro atoms. The Hall–Kier alpha value is -1.84. The van der Waals surface area contributed by atoms with Gasteiger partial charge in [-0.3, -0.25) is 4.79 Å². The summed E-state index contributed by atoms with van der Waals surface area (Å²) in [5.74, 6) is 0.931. The van der Waals surface area contributed by atoms with Crippen LogP contribution in [0.25, 0.3) is 11.0 Å². The number of rotatable bonds is 2. The zero-order valence-electron chi connectivity index (χ0n) is 12.2. The minimum absolute atomic E-state index is 0.147. The number of piperidine rings is 1. The Labute approximate surface area is 119 Å². The van der Waals surface area contributed by atoms with Crippen LogP contribution in [0.5, 0.6) is 0 Å². The number of hydrogen-bond acceptors (Lipinski definition) is 2. The number of nitrogens with zero attached hydrogens (tertiary/aromatic N) is 3. The molecule has 0 bridgehead atoms. The summed E-state index contributed by atoms with van der Waals surface area (Å²) in [6, 6.07) is 5.79. The number of fused-ring (bicyclic) bond motifs is 1. The maximum atomic E-state index is 12.7. The number of carbonyl (C=O) groups excluding carboxylic acids is 1. The molecule has 2 heterocycles. The third-order valence-electron chi connectivity index (χ3n) is 4.45. The zero-order chi connectivity index (χ0) is 14.1. The molecule has 1 amide bonds. The van der Waals surface area contributed by atoms with Crippen molar-refractivity contribution in [3.05, 3.63) is 30.1 Å². The second-order valence-electron chi connectivity index (χ2n) is 5.67. The lowest BCUT2D eigenvalue weighted by Gasteiger charge is -2.31. The first-order chi connectivity index (χ1) is 9.70. The normalized spacial score (nSPS) is 16.8. The number of imidazole rings is 1. The molecule has 0 unspecified atom stereocenters. The van der Waals surface area contributed by atoms with E-state index in [4.69, 9.17) is 0 Å². The van der Waals surface area contributed by atoms with Gasteiger partial charge in [-0.25, -0.2) is 4.98 Å². The highest BCUT2D eigenvalue weighted by Gasteiger charge is 2.24. The third-order valence-corrected chi connectivity index (χ3v) is 4.45. The molecule has 1 aliphatic heterocycles. The maximum Gasteiger partial charge on any atom is 0.256 e. The van der Waals surface area contributed by atoms with Gasteiger partial charge in [0, 0.05) is 20.1 Å². The van der Waals surface area contributed by atoms with Crippen molar-refractivity contribution in [1.29, 1.82) is 0 Å². The van der Waals surface area contributed by atoms with Crippen molar-refractivity contribution in [2.75, 3.05) is 13.1 Å². The molecule has 0 radical (unpaired) electrons. The monoisotopic (exact) mass is 271 g/mol. The summed E-state index contributed by atoms with van der Waals surface area (Å²) in [4.78, 5) is 19.1. The number of aromatic nitrogens is 2. The number of likely N-dealkylation sites (tertiary alicyclic amines) is 1. The molecule has 2 aromatic rings. The number of para-hydroxylation sites is 1. The van der Waals surface area contributed by atoms with Crippen LogP contribution >= 0.6 is 0 Å². The molecule has 1 aliphatic rings. The van der Waals surface area contributed by atoms with Crippen LogP contribution < -0.4 is 0 Å². The highest BCUT2D eigenvalue weighted by Crippen LogP contribution is 2.24. The highest BCUT2D eigenvalue weighted by atomic mass is 16.2. The van der Waals surface area contributed by atoms with Gasteiger partial charge in [0.25, 0.3) is 5.91 Å². The molecule has 1 aromatic heterocycles. The van der Waals surface area contributed by atoms with Crippen molar-refractivity contribution in [2.45, 2.75) is 26.2 Å². The fourth-order valence-electron chi connectivity index (χ4n) is 3.10. The largest absolute Gasteiger partial charge is 0.339 e. The van der Waals surface area contributed by atoms with E-state index in [2.05, 4.69) is 11.9 Å². The second kappa shape index (κ2) is 5.27. The first-order valence-corrected chi connectivity index (χ1v) is 7.40. The Morgan fingerprint density at radius 2 is 2.10 bits per heavy atom. The van der Waals surface area contributed by atoms with Crippen LogP contribution in [-0.2, 0) is 7.05 Å². The molecule has 0 N–H and O–H groups in total. The summed E-state index contributed by atoms with van der Waals surface area (Å²) in [5, 5.41) is 0. The molecule has 4 nitrogen and oxygen atoms in total. The SMILES string of the molecule is CCC1CCN(C(=O)c2cccc3ncn(C)c23)CC1. The van der Waals surface area contributed by atoms with E-state index in [0.29, 0.717) is 0 Å². The van der Waals surface area contributed by atoms with E-state index in [1.807, 2.05) is 34.7 Å². The summed E-state index contributed by atoms with van der Waals surface area (Å²) in [7, 11) is 1.94. The molecular weight excluding hydrogens is 250 g/mol. The van der Waals surface area contributed by atoms with Crippen molar-refractivity contribution in [3.8, 4) is 0 Å². The lowest BCUT2D eigenvalue weighted by atomic mass is 9.94. The van der Waals surface area contributed by atoms with Gasteiger partial charge in [-0.05, 0) is 30.9 Å². The van der Waals surface area contributed by atoms with Crippen molar-refractivity contribution in [2.24, 2.45) is 13.0 Å². The maximum absolute atomic E-state index is 12.7. The predicted molar refractivity (Wildman–Crippen MR) is 79.6 cm³/mol. The fourth-order valence-corrected chi connectivity index (χ4v) is 3.10. The van der Waals surface area contributed by atoms with Crippen LogP contribution in [0.1, 0.15) is 36.5 Å². The summed E-state index contributed by atoms with van der Waals surface area (Å²) in [6.45, 7) is 4.00. The van der Waals surface area contributed by atoms with Crippen LogP contribution in [0.4, 0.5) is 0 Å².